The van der Waals surface area contributed by atoms with Gasteiger partial charge in [-0.25, -0.2) is 0 Å². The Labute approximate surface area is 146 Å². The van der Waals surface area contributed by atoms with Gasteiger partial charge in [0.15, 0.2) is 0 Å². The molecule has 2 aromatic heterocycles. The number of nitrogens with zero attached hydrogens (tertiary/aromatic N) is 3. The molecule has 25 heavy (non-hydrogen) atoms. The van der Waals surface area contributed by atoms with Crippen LogP contribution in [0.1, 0.15) is 36.5 Å². The molecule has 0 bridgehead atoms. The highest BCUT2D eigenvalue weighted by Gasteiger charge is 2.28. The molecule has 1 aliphatic heterocycles. The quantitative estimate of drug-likeness (QED) is 0.685. The monoisotopic (exact) mass is 337 g/mol. The van der Waals surface area contributed by atoms with E-state index in [0.29, 0.717) is 11.1 Å². The second-order valence-electron chi connectivity index (χ2n) is 7.10. The third kappa shape index (κ3) is 2.29. The maximum Gasteiger partial charge on any atom is 0.274 e. The summed E-state index contributed by atoms with van der Waals surface area (Å²) >= 11 is 0. The smallest absolute Gasteiger partial charge is 0.274 e. The van der Waals surface area contributed by atoms with Crippen LogP contribution in [-0.4, -0.2) is 32.5 Å². The minimum atomic E-state index is -0.0723. The summed E-state index contributed by atoms with van der Waals surface area (Å²) in [6, 6.07) is 8.14. The molecule has 5 nitrogen and oxygen atoms in total. The van der Waals surface area contributed by atoms with Crippen molar-refractivity contribution in [3.63, 3.8) is 0 Å². The molecule has 1 fully saturated rings. The topological polar surface area (TPSA) is 47.2 Å². The molecule has 0 saturated carbocycles. The summed E-state index contributed by atoms with van der Waals surface area (Å²) in [6.45, 7) is 2.90. The maximum absolute atomic E-state index is 13.3. The van der Waals surface area contributed by atoms with E-state index < -0.39 is 0 Å². The van der Waals surface area contributed by atoms with E-state index in [-0.39, 0.29) is 17.5 Å². The van der Waals surface area contributed by atoms with Gasteiger partial charge in [-0.15, -0.1) is 0 Å². The number of carbonyl (C=O) groups excluding carboxylic acids is 1. The molecule has 1 amide bonds. The fourth-order valence-electron chi connectivity index (χ4n) is 4.12. The number of likely N-dealkylation sites (tertiary alicyclic amines) is 1. The van der Waals surface area contributed by atoms with Crippen LogP contribution in [0.25, 0.3) is 21.8 Å². The Kier molecular flexibility index (Phi) is 3.67. The van der Waals surface area contributed by atoms with Gasteiger partial charge in [-0.2, -0.15) is 0 Å². The van der Waals surface area contributed by atoms with Gasteiger partial charge in [0.05, 0.1) is 5.56 Å². The second-order valence-corrected chi connectivity index (χ2v) is 7.10. The third-order valence-electron chi connectivity index (χ3n) is 5.52. The van der Waals surface area contributed by atoms with E-state index in [9.17, 15) is 9.59 Å². The lowest BCUT2D eigenvalue weighted by Gasteiger charge is -2.33. The lowest BCUT2D eigenvalue weighted by atomic mass is 10.0. The lowest BCUT2D eigenvalue weighted by Crippen LogP contribution is -2.42. The minimum Gasteiger partial charge on any atom is -0.339 e. The molecule has 4 rings (SSSR count). The number of aryl methyl sites for hydroxylation is 2. The van der Waals surface area contributed by atoms with Gasteiger partial charge in [0.2, 0.25) is 0 Å². The number of carbonyl (C=O) groups is 1. The zero-order chi connectivity index (χ0) is 17.7. The van der Waals surface area contributed by atoms with Gasteiger partial charge in [-0.3, -0.25) is 9.59 Å². The van der Waals surface area contributed by atoms with Crippen LogP contribution in [0.3, 0.4) is 0 Å². The molecule has 1 aliphatic rings. The van der Waals surface area contributed by atoms with E-state index in [1.54, 1.807) is 13.2 Å². The molecule has 130 valence electrons. The fraction of sp³-hybridized carbons (Fsp3) is 0.400. The molecular weight excluding hydrogens is 314 g/mol. The van der Waals surface area contributed by atoms with Gasteiger partial charge in [0, 0.05) is 49.2 Å². The Balaban J connectivity index is 2.04. The average Bonchev–Trinajstić information content (AvgIpc) is 2.92. The number of aromatic nitrogens is 2. The van der Waals surface area contributed by atoms with Gasteiger partial charge in [-0.1, -0.05) is 18.2 Å². The SMILES string of the molecule is CC1CCCCN1C(=O)c1cn(C)c(=O)c2c1c1ccccc1n2C. The zero-order valence-electron chi connectivity index (χ0n) is 15.0. The van der Waals surface area contributed by atoms with E-state index in [1.165, 1.54) is 11.0 Å². The van der Waals surface area contributed by atoms with Crippen molar-refractivity contribution in [2.75, 3.05) is 6.54 Å². The van der Waals surface area contributed by atoms with Crippen LogP contribution >= 0.6 is 0 Å². The number of rotatable bonds is 1. The molecule has 1 unspecified atom stereocenters. The number of fused-ring (bicyclic) bond motifs is 3. The van der Waals surface area contributed by atoms with Crippen LogP contribution in [-0.2, 0) is 14.1 Å². The molecule has 0 aliphatic carbocycles. The zero-order valence-corrected chi connectivity index (χ0v) is 15.0. The number of hydrogen-bond acceptors (Lipinski definition) is 2. The van der Waals surface area contributed by atoms with Gasteiger partial charge in [0.25, 0.3) is 11.5 Å². The highest BCUT2D eigenvalue weighted by molar-refractivity contribution is 6.17. The van der Waals surface area contributed by atoms with Gasteiger partial charge < -0.3 is 14.0 Å². The Bertz CT molecular complexity index is 1040. The van der Waals surface area contributed by atoms with E-state index in [0.717, 1.165) is 35.7 Å². The van der Waals surface area contributed by atoms with Crippen molar-refractivity contribution >= 4 is 27.7 Å². The summed E-state index contributed by atoms with van der Waals surface area (Å²) in [5, 5.41) is 1.75. The van der Waals surface area contributed by atoms with Crippen LogP contribution in [0.5, 0.6) is 0 Å². The minimum absolute atomic E-state index is 0.0316. The summed E-state index contributed by atoms with van der Waals surface area (Å²) in [5.74, 6) is 0.0316. The van der Waals surface area contributed by atoms with Crippen LogP contribution in [0.2, 0.25) is 0 Å². The summed E-state index contributed by atoms with van der Waals surface area (Å²) in [6.07, 6.45) is 4.96. The largest absolute Gasteiger partial charge is 0.339 e. The molecule has 1 atom stereocenters. The molecule has 1 aromatic carbocycles. The number of benzene rings is 1. The number of piperidine rings is 1. The van der Waals surface area contributed by atoms with Crippen molar-refractivity contribution in [1.29, 1.82) is 0 Å². The molecule has 0 spiro atoms. The highest BCUT2D eigenvalue weighted by Crippen LogP contribution is 2.30. The first-order valence-electron chi connectivity index (χ1n) is 8.88. The Hall–Kier alpha value is -2.56. The van der Waals surface area contributed by atoms with Gasteiger partial charge in [0.1, 0.15) is 5.52 Å². The van der Waals surface area contributed by atoms with Crippen molar-refractivity contribution in [2.24, 2.45) is 14.1 Å². The molecule has 3 heterocycles. The summed E-state index contributed by atoms with van der Waals surface area (Å²) < 4.78 is 3.44. The maximum atomic E-state index is 13.3. The van der Waals surface area contributed by atoms with E-state index in [4.69, 9.17) is 0 Å². The van der Waals surface area contributed by atoms with Crippen LogP contribution in [0.15, 0.2) is 35.3 Å². The van der Waals surface area contributed by atoms with Crippen molar-refractivity contribution in [2.45, 2.75) is 32.2 Å². The third-order valence-corrected chi connectivity index (χ3v) is 5.52. The Morgan fingerprint density at radius 3 is 2.68 bits per heavy atom. The predicted molar refractivity (Wildman–Crippen MR) is 100 cm³/mol. The van der Waals surface area contributed by atoms with Crippen LogP contribution < -0.4 is 5.56 Å². The summed E-state index contributed by atoms with van der Waals surface area (Å²) in [5.41, 5.74) is 2.13. The van der Waals surface area contributed by atoms with Crippen LogP contribution in [0.4, 0.5) is 0 Å². The standard InChI is InChI=1S/C20H23N3O2/c1-13-8-6-7-11-23(13)19(24)15-12-21(2)20(25)18-17(15)14-9-4-5-10-16(14)22(18)3/h4-5,9-10,12-13H,6-8,11H2,1-3H3. The van der Waals surface area contributed by atoms with Crippen molar-refractivity contribution in [1.82, 2.24) is 14.0 Å². The van der Waals surface area contributed by atoms with Crippen molar-refractivity contribution in [3.05, 3.63) is 46.4 Å². The lowest BCUT2D eigenvalue weighted by molar-refractivity contribution is 0.0637. The first-order chi connectivity index (χ1) is 12.0. The van der Waals surface area contributed by atoms with E-state index in [2.05, 4.69) is 6.92 Å². The number of para-hydroxylation sites is 1. The summed E-state index contributed by atoms with van der Waals surface area (Å²) in [7, 11) is 3.61. The number of pyridine rings is 1. The van der Waals surface area contributed by atoms with Crippen LogP contribution in [0, 0.1) is 0 Å². The average molecular weight is 337 g/mol. The Morgan fingerprint density at radius 2 is 1.92 bits per heavy atom. The molecule has 0 N–H and O–H groups in total. The molecule has 0 radical (unpaired) electrons. The summed E-state index contributed by atoms with van der Waals surface area (Å²) in [4.78, 5) is 28.1. The van der Waals surface area contributed by atoms with Crippen molar-refractivity contribution < 1.29 is 4.79 Å². The predicted octanol–water partition coefficient (Wildman–Crippen LogP) is 3.04. The molecular formula is C20H23N3O2. The van der Waals surface area contributed by atoms with Gasteiger partial charge >= 0.3 is 0 Å². The molecule has 3 aromatic rings. The molecule has 5 heteroatoms. The number of amides is 1. The second kappa shape index (κ2) is 5.76. The van der Waals surface area contributed by atoms with E-state index >= 15 is 0 Å². The number of hydrogen-bond donors (Lipinski definition) is 0. The van der Waals surface area contributed by atoms with Gasteiger partial charge in [-0.05, 0) is 32.3 Å². The van der Waals surface area contributed by atoms with Crippen molar-refractivity contribution in [3.8, 4) is 0 Å². The first-order valence-corrected chi connectivity index (χ1v) is 8.88. The van der Waals surface area contributed by atoms with E-state index in [1.807, 2.05) is 40.8 Å². The first kappa shape index (κ1) is 15.9. The molecule has 1 saturated heterocycles. The Morgan fingerprint density at radius 1 is 1.16 bits per heavy atom. The normalized spacial score (nSPS) is 18.2. The highest BCUT2D eigenvalue weighted by atomic mass is 16.2. The fourth-order valence-corrected chi connectivity index (χ4v) is 4.12.